The lowest BCUT2D eigenvalue weighted by atomic mass is 9.87. The van der Waals surface area contributed by atoms with Crippen LogP contribution >= 0.6 is 0 Å². The number of carbonyl (C=O) groups is 1. The number of anilines is 3. The largest absolute Gasteiger partial charge is 0.478 e. The Hall–Kier alpha value is -4.83. The average Bonchev–Trinajstić information content (AvgIpc) is 2.94. The molecule has 0 spiro atoms. The number of nitrogen functional groups attached to an aromatic ring is 1. The highest BCUT2D eigenvalue weighted by molar-refractivity contribution is 5.95. The van der Waals surface area contributed by atoms with Crippen molar-refractivity contribution in [2.24, 2.45) is 0 Å². The van der Waals surface area contributed by atoms with Crippen LogP contribution < -0.4 is 11.1 Å². The van der Waals surface area contributed by atoms with Gasteiger partial charge in [0.2, 0.25) is 0 Å². The predicted octanol–water partition coefficient (Wildman–Crippen LogP) is 7.83. The Kier molecular flexibility index (Phi) is 7.00. The van der Waals surface area contributed by atoms with E-state index in [1.54, 1.807) is 18.2 Å². The Labute approximate surface area is 217 Å². The maximum absolute atomic E-state index is 11.5. The van der Waals surface area contributed by atoms with Crippen molar-refractivity contribution in [2.45, 2.75) is 12.8 Å². The van der Waals surface area contributed by atoms with Crippen LogP contribution in [0, 0.1) is 0 Å². The summed E-state index contributed by atoms with van der Waals surface area (Å²) in [5.74, 6) is -0.952. The minimum absolute atomic E-state index is 0.248. The van der Waals surface area contributed by atoms with Gasteiger partial charge in [-0.1, -0.05) is 91.0 Å². The van der Waals surface area contributed by atoms with Crippen LogP contribution in [0.5, 0.6) is 0 Å². The first-order chi connectivity index (χ1) is 18.1. The van der Waals surface area contributed by atoms with Crippen LogP contribution in [-0.4, -0.2) is 11.1 Å². The fourth-order valence-electron chi connectivity index (χ4n) is 4.69. The van der Waals surface area contributed by atoms with E-state index in [-0.39, 0.29) is 5.56 Å². The summed E-state index contributed by atoms with van der Waals surface area (Å²) in [6, 6.07) is 40.0. The van der Waals surface area contributed by atoms with Crippen LogP contribution in [0.3, 0.4) is 0 Å². The zero-order chi connectivity index (χ0) is 25.6. The number of carboxylic acids is 1. The Bertz CT molecular complexity index is 1510. The van der Waals surface area contributed by atoms with Crippen molar-refractivity contribution in [2.75, 3.05) is 11.1 Å². The highest BCUT2D eigenvalue weighted by Crippen LogP contribution is 2.39. The molecular weight excluding hydrogens is 456 g/mol. The summed E-state index contributed by atoms with van der Waals surface area (Å²) in [5, 5.41) is 12.7. The van der Waals surface area contributed by atoms with E-state index in [1.807, 2.05) is 48.5 Å². The van der Waals surface area contributed by atoms with Gasteiger partial charge in [-0.05, 0) is 71.0 Å². The number of carboxylic acid groups (broad SMARTS) is 1. The van der Waals surface area contributed by atoms with Crippen LogP contribution in [0.15, 0.2) is 121 Å². The van der Waals surface area contributed by atoms with Gasteiger partial charge >= 0.3 is 5.97 Å². The molecule has 0 aliphatic carbocycles. The fraction of sp³-hybridized carbons (Fsp3) is 0.0606. The summed E-state index contributed by atoms with van der Waals surface area (Å²) in [5.41, 5.74) is 15.9. The van der Waals surface area contributed by atoms with Gasteiger partial charge in [0.25, 0.3) is 0 Å². The van der Waals surface area contributed by atoms with Crippen LogP contribution in [0.2, 0.25) is 0 Å². The number of benzene rings is 5. The van der Waals surface area contributed by atoms with E-state index < -0.39 is 5.97 Å². The molecule has 4 heteroatoms. The molecule has 0 unspecified atom stereocenters. The molecule has 37 heavy (non-hydrogen) atoms. The van der Waals surface area contributed by atoms with Gasteiger partial charge < -0.3 is 16.2 Å². The third-order valence-corrected chi connectivity index (χ3v) is 6.52. The molecule has 4 N–H and O–H groups in total. The minimum Gasteiger partial charge on any atom is -0.478 e. The van der Waals surface area contributed by atoms with E-state index >= 15 is 0 Å². The van der Waals surface area contributed by atoms with Crippen molar-refractivity contribution in [3.05, 3.63) is 138 Å². The van der Waals surface area contributed by atoms with Gasteiger partial charge in [0.05, 0.1) is 11.3 Å². The molecule has 0 fully saturated rings. The van der Waals surface area contributed by atoms with Crippen molar-refractivity contribution >= 4 is 23.0 Å². The zero-order valence-corrected chi connectivity index (χ0v) is 20.4. The summed E-state index contributed by atoms with van der Waals surface area (Å²) in [4.78, 5) is 11.5. The normalized spacial score (nSPS) is 10.7. The second-order valence-electron chi connectivity index (χ2n) is 8.97. The van der Waals surface area contributed by atoms with E-state index in [0.29, 0.717) is 5.69 Å². The summed E-state index contributed by atoms with van der Waals surface area (Å²) < 4.78 is 0. The monoisotopic (exact) mass is 484 g/mol. The molecule has 5 aromatic rings. The molecule has 0 amide bonds. The highest BCUT2D eigenvalue weighted by atomic mass is 16.4. The number of para-hydroxylation sites is 1. The first-order valence-corrected chi connectivity index (χ1v) is 12.3. The van der Waals surface area contributed by atoms with Gasteiger partial charge in [0, 0.05) is 16.9 Å². The Morgan fingerprint density at radius 2 is 1.24 bits per heavy atom. The topological polar surface area (TPSA) is 75.3 Å². The first kappa shape index (κ1) is 23.9. The van der Waals surface area contributed by atoms with Crippen LogP contribution in [0.4, 0.5) is 17.1 Å². The van der Waals surface area contributed by atoms with Crippen molar-refractivity contribution < 1.29 is 9.90 Å². The number of hydrogen-bond donors (Lipinski definition) is 3. The molecule has 0 atom stereocenters. The third-order valence-electron chi connectivity index (χ3n) is 6.52. The highest BCUT2D eigenvalue weighted by Gasteiger charge is 2.16. The van der Waals surface area contributed by atoms with E-state index in [2.05, 4.69) is 59.9 Å². The molecular formula is C33H28N2O2. The van der Waals surface area contributed by atoms with Crippen molar-refractivity contribution in [3.63, 3.8) is 0 Å². The number of nitrogens with two attached hydrogens (primary N) is 1. The van der Waals surface area contributed by atoms with E-state index in [0.717, 1.165) is 40.9 Å². The molecule has 5 rings (SSSR count). The van der Waals surface area contributed by atoms with Gasteiger partial charge in [-0.25, -0.2) is 4.79 Å². The van der Waals surface area contributed by atoms with Gasteiger partial charge in [-0.2, -0.15) is 0 Å². The van der Waals surface area contributed by atoms with Crippen molar-refractivity contribution in [1.82, 2.24) is 0 Å². The molecule has 0 saturated carbocycles. The Morgan fingerprint density at radius 3 is 1.89 bits per heavy atom. The molecule has 182 valence electrons. The molecule has 0 bridgehead atoms. The average molecular weight is 485 g/mol. The van der Waals surface area contributed by atoms with Crippen LogP contribution in [0.1, 0.15) is 21.5 Å². The SMILES string of the molecule is Nc1ccc(CCc2ccc(Nc3ccccc3C(=O)O)cc2)c(-c2ccccc2)c1-c1ccccc1. The zero-order valence-electron chi connectivity index (χ0n) is 20.4. The molecule has 0 aliphatic heterocycles. The lowest BCUT2D eigenvalue weighted by Gasteiger charge is -2.18. The summed E-state index contributed by atoms with van der Waals surface area (Å²) in [6.45, 7) is 0. The Balaban J connectivity index is 1.41. The smallest absolute Gasteiger partial charge is 0.337 e. The lowest BCUT2D eigenvalue weighted by Crippen LogP contribution is -2.02. The molecule has 5 aromatic carbocycles. The maximum Gasteiger partial charge on any atom is 0.337 e. The summed E-state index contributed by atoms with van der Waals surface area (Å²) in [6.07, 6.45) is 1.73. The number of nitrogens with one attached hydrogen (secondary N) is 1. The van der Waals surface area contributed by atoms with Gasteiger partial charge in [0.15, 0.2) is 0 Å². The minimum atomic E-state index is -0.952. The molecule has 0 heterocycles. The van der Waals surface area contributed by atoms with E-state index in [1.165, 1.54) is 16.7 Å². The van der Waals surface area contributed by atoms with Gasteiger partial charge in [-0.15, -0.1) is 0 Å². The van der Waals surface area contributed by atoms with Crippen LogP contribution in [0.25, 0.3) is 22.3 Å². The fourth-order valence-corrected chi connectivity index (χ4v) is 4.69. The predicted molar refractivity (Wildman–Crippen MR) is 152 cm³/mol. The molecule has 4 nitrogen and oxygen atoms in total. The van der Waals surface area contributed by atoms with Crippen molar-refractivity contribution in [1.29, 1.82) is 0 Å². The number of aryl methyl sites for hydroxylation is 2. The second-order valence-corrected chi connectivity index (χ2v) is 8.97. The molecule has 0 aromatic heterocycles. The maximum atomic E-state index is 11.5. The second kappa shape index (κ2) is 10.8. The number of rotatable bonds is 8. The van der Waals surface area contributed by atoms with Gasteiger partial charge in [-0.3, -0.25) is 0 Å². The van der Waals surface area contributed by atoms with Crippen molar-refractivity contribution in [3.8, 4) is 22.3 Å². The molecule has 0 saturated heterocycles. The number of hydrogen-bond acceptors (Lipinski definition) is 3. The van der Waals surface area contributed by atoms with E-state index in [4.69, 9.17) is 5.73 Å². The first-order valence-electron chi connectivity index (χ1n) is 12.3. The molecule has 0 radical (unpaired) electrons. The Morgan fingerprint density at radius 1 is 0.649 bits per heavy atom. The van der Waals surface area contributed by atoms with E-state index in [9.17, 15) is 9.90 Å². The lowest BCUT2D eigenvalue weighted by molar-refractivity contribution is 0.0698. The van der Waals surface area contributed by atoms with Crippen LogP contribution in [-0.2, 0) is 12.8 Å². The molecule has 0 aliphatic rings. The third kappa shape index (κ3) is 5.39. The van der Waals surface area contributed by atoms with Gasteiger partial charge in [0.1, 0.15) is 0 Å². The summed E-state index contributed by atoms with van der Waals surface area (Å²) in [7, 11) is 0. The number of aromatic carboxylic acids is 1. The quantitative estimate of drug-likeness (QED) is 0.196. The standard InChI is InChI=1S/C33H28N2O2/c34-29-22-19-26(31(24-9-3-1-4-10-24)32(29)25-11-5-2-6-12-25)18-15-23-16-20-27(21-17-23)35-30-14-8-7-13-28(30)33(36)37/h1-14,16-17,19-22,35H,15,18,34H2,(H,36,37). The summed E-state index contributed by atoms with van der Waals surface area (Å²) >= 11 is 0.